The smallest absolute Gasteiger partial charge is 0.191 e. The van der Waals surface area contributed by atoms with Crippen LogP contribution in [-0.2, 0) is 13.0 Å². The molecule has 3 N–H and O–H groups in total. The van der Waals surface area contributed by atoms with Crippen molar-refractivity contribution < 1.29 is 5.11 Å². The standard InChI is InChI=1S/C18H26N4OS/c1-3-16-11-20-17(24-16)12-22-18(19-4-2)21-10-15(13-23)14-8-6-5-7-9-14/h5-9,11,15,23H,3-4,10,12-13H2,1-2H3,(H2,19,21,22). The number of guanidine groups is 1. The lowest BCUT2D eigenvalue weighted by atomic mass is 10.0. The third-order valence-electron chi connectivity index (χ3n) is 3.67. The minimum absolute atomic E-state index is 0.0432. The first kappa shape index (κ1) is 18.4. The van der Waals surface area contributed by atoms with Gasteiger partial charge < -0.3 is 15.7 Å². The highest BCUT2D eigenvalue weighted by Crippen LogP contribution is 2.15. The number of aromatic nitrogens is 1. The summed E-state index contributed by atoms with van der Waals surface area (Å²) >= 11 is 1.70. The number of thiazole rings is 1. The van der Waals surface area contributed by atoms with Crippen molar-refractivity contribution in [3.63, 3.8) is 0 Å². The van der Waals surface area contributed by atoms with E-state index in [0.29, 0.717) is 13.1 Å². The molecule has 130 valence electrons. The molecule has 1 aromatic heterocycles. The zero-order chi connectivity index (χ0) is 17.2. The van der Waals surface area contributed by atoms with Gasteiger partial charge in [-0.2, -0.15) is 0 Å². The van der Waals surface area contributed by atoms with Crippen molar-refractivity contribution in [2.24, 2.45) is 4.99 Å². The molecule has 1 heterocycles. The highest BCUT2D eigenvalue weighted by atomic mass is 32.1. The molecule has 5 nitrogen and oxygen atoms in total. The van der Waals surface area contributed by atoms with Crippen molar-refractivity contribution in [2.45, 2.75) is 32.7 Å². The molecule has 0 bridgehead atoms. The first-order chi connectivity index (χ1) is 11.8. The Labute approximate surface area is 147 Å². The summed E-state index contributed by atoms with van der Waals surface area (Å²) in [6.07, 6.45) is 2.93. The molecule has 0 aliphatic carbocycles. The maximum absolute atomic E-state index is 9.65. The number of hydrogen-bond donors (Lipinski definition) is 3. The molecule has 6 heteroatoms. The van der Waals surface area contributed by atoms with Crippen molar-refractivity contribution in [2.75, 3.05) is 19.7 Å². The van der Waals surface area contributed by atoms with Crippen LogP contribution in [0.3, 0.4) is 0 Å². The fraction of sp³-hybridized carbons (Fsp3) is 0.444. The predicted octanol–water partition coefficient (Wildman–Crippen LogP) is 2.54. The summed E-state index contributed by atoms with van der Waals surface area (Å²) in [6, 6.07) is 10.0. The summed E-state index contributed by atoms with van der Waals surface area (Å²) in [7, 11) is 0. The fourth-order valence-electron chi connectivity index (χ4n) is 2.31. The number of nitrogens with zero attached hydrogens (tertiary/aromatic N) is 2. The van der Waals surface area contributed by atoms with Crippen LogP contribution < -0.4 is 10.6 Å². The zero-order valence-electron chi connectivity index (χ0n) is 14.3. The number of aliphatic hydroxyl groups is 1. The summed E-state index contributed by atoms with van der Waals surface area (Å²) in [4.78, 5) is 10.3. The third-order valence-corrected chi connectivity index (χ3v) is 4.80. The number of aliphatic hydroxyl groups excluding tert-OH is 1. The van der Waals surface area contributed by atoms with Gasteiger partial charge in [-0.25, -0.2) is 9.98 Å². The molecule has 2 aromatic rings. The fourth-order valence-corrected chi connectivity index (χ4v) is 3.09. The Morgan fingerprint density at radius 2 is 2.04 bits per heavy atom. The summed E-state index contributed by atoms with van der Waals surface area (Å²) in [5.41, 5.74) is 1.12. The van der Waals surface area contributed by atoms with Crippen molar-refractivity contribution >= 4 is 17.3 Å². The number of benzene rings is 1. The molecule has 1 atom stereocenters. The SMILES string of the molecule is CCNC(=NCc1ncc(CC)s1)NCC(CO)c1ccccc1. The van der Waals surface area contributed by atoms with E-state index in [4.69, 9.17) is 0 Å². The Bertz CT molecular complexity index is 627. The van der Waals surface area contributed by atoms with Crippen molar-refractivity contribution in [3.8, 4) is 0 Å². The number of aryl methyl sites for hydroxylation is 1. The average molecular weight is 346 g/mol. The van der Waals surface area contributed by atoms with Gasteiger partial charge in [0.05, 0.1) is 13.2 Å². The van der Waals surface area contributed by atoms with Crippen LogP contribution in [-0.4, -0.2) is 35.7 Å². The van der Waals surface area contributed by atoms with Crippen LogP contribution >= 0.6 is 11.3 Å². The quantitative estimate of drug-likeness (QED) is 0.507. The van der Waals surface area contributed by atoms with E-state index < -0.39 is 0 Å². The van der Waals surface area contributed by atoms with Crippen LogP contribution in [0.5, 0.6) is 0 Å². The second-order valence-corrected chi connectivity index (χ2v) is 6.64. The summed E-state index contributed by atoms with van der Waals surface area (Å²) in [6.45, 7) is 6.25. The monoisotopic (exact) mass is 346 g/mol. The number of hydrogen-bond acceptors (Lipinski definition) is 4. The Balaban J connectivity index is 1.95. The summed E-state index contributed by atoms with van der Waals surface area (Å²) in [5, 5.41) is 17.2. The lowest BCUT2D eigenvalue weighted by molar-refractivity contribution is 0.265. The molecule has 0 spiro atoms. The minimum atomic E-state index is 0.0432. The predicted molar refractivity (Wildman–Crippen MR) is 101 cm³/mol. The van der Waals surface area contributed by atoms with Crippen molar-refractivity contribution in [3.05, 3.63) is 52.0 Å². The molecule has 0 amide bonds. The molecule has 0 aliphatic heterocycles. The Morgan fingerprint density at radius 3 is 2.67 bits per heavy atom. The molecule has 1 aromatic carbocycles. The molecule has 0 fully saturated rings. The van der Waals surface area contributed by atoms with Gasteiger partial charge >= 0.3 is 0 Å². The van der Waals surface area contributed by atoms with Crippen LogP contribution in [0.1, 0.15) is 35.2 Å². The highest BCUT2D eigenvalue weighted by molar-refractivity contribution is 7.11. The van der Waals surface area contributed by atoms with Gasteiger partial charge in [0.15, 0.2) is 5.96 Å². The van der Waals surface area contributed by atoms with E-state index in [-0.39, 0.29) is 12.5 Å². The van der Waals surface area contributed by atoms with E-state index in [1.54, 1.807) is 11.3 Å². The topological polar surface area (TPSA) is 69.5 Å². The van der Waals surface area contributed by atoms with Gasteiger partial charge in [-0.15, -0.1) is 11.3 Å². The van der Waals surface area contributed by atoms with E-state index in [0.717, 1.165) is 29.5 Å². The molecule has 1 unspecified atom stereocenters. The van der Waals surface area contributed by atoms with Gasteiger partial charge in [0.1, 0.15) is 5.01 Å². The zero-order valence-corrected chi connectivity index (χ0v) is 15.1. The Hall–Kier alpha value is -1.92. The van der Waals surface area contributed by atoms with E-state index in [2.05, 4.69) is 27.5 Å². The maximum Gasteiger partial charge on any atom is 0.191 e. The highest BCUT2D eigenvalue weighted by Gasteiger charge is 2.11. The molecule has 0 saturated heterocycles. The maximum atomic E-state index is 9.65. The van der Waals surface area contributed by atoms with E-state index >= 15 is 0 Å². The van der Waals surface area contributed by atoms with E-state index in [1.165, 1.54) is 4.88 Å². The van der Waals surface area contributed by atoms with Gasteiger partial charge in [0.25, 0.3) is 0 Å². The van der Waals surface area contributed by atoms with Gasteiger partial charge in [-0.1, -0.05) is 37.3 Å². The van der Waals surface area contributed by atoms with Gasteiger partial charge in [0.2, 0.25) is 0 Å². The van der Waals surface area contributed by atoms with Crippen molar-refractivity contribution in [1.29, 1.82) is 0 Å². The van der Waals surface area contributed by atoms with Crippen LogP contribution in [0.2, 0.25) is 0 Å². The van der Waals surface area contributed by atoms with Gasteiger partial charge in [-0.05, 0) is 18.9 Å². The van der Waals surface area contributed by atoms with E-state index in [1.807, 2.05) is 43.5 Å². The first-order valence-electron chi connectivity index (χ1n) is 8.38. The van der Waals surface area contributed by atoms with Crippen molar-refractivity contribution in [1.82, 2.24) is 15.6 Å². The second-order valence-electron chi connectivity index (χ2n) is 5.44. The normalized spacial score (nSPS) is 12.9. The molecule has 0 saturated carbocycles. The molecule has 0 aliphatic rings. The number of rotatable bonds is 8. The van der Waals surface area contributed by atoms with Crippen LogP contribution in [0.4, 0.5) is 0 Å². The van der Waals surface area contributed by atoms with E-state index in [9.17, 15) is 5.11 Å². The summed E-state index contributed by atoms with van der Waals surface area (Å²) in [5.74, 6) is 0.793. The molecular formula is C18H26N4OS. The lowest BCUT2D eigenvalue weighted by Crippen LogP contribution is -2.39. The van der Waals surface area contributed by atoms with Gasteiger partial charge in [-0.3, -0.25) is 0 Å². The third kappa shape index (κ3) is 5.62. The molecule has 0 radical (unpaired) electrons. The summed E-state index contributed by atoms with van der Waals surface area (Å²) < 4.78 is 0. The molecule has 24 heavy (non-hydrogen) atoms. The average Bonchev–Trinajstić information content (AvgIpc) is 3.09. The molecule has 2 rings (SSSR count). The largest absolute Gasteiger partial charge is 0.396 e. The molecular weight excluding hydrogens is 320 g/mol. The lowest BCUT2D eigenvalue weighted by Gasteiger charge is -2.17. The van der Waals surface area contributed by atoms with Crippen LogP contribution in [0.25, 0.3) is 0 Å². The number of aliphatic imine (C=N–C) groups is 1. The first-order valence-corrected chi connectivity index (χ1v) is 9.20. The van der Waals surface area contributed by atoms with Gasteiger partial charge in [0, 0.05) is 30.1 Å². The Kier molecular flexibility index (Phi) is 7.71. The van der Waals surface area contributed by atoms with Crippen LogP contribution in [0, 0.1) is 0 Å². The minimum Gasteiger partial charge on any atom is -0.396 e. The Morgan fingerprint density at radius 1 is 1.25 bits per heavy atom. The van der Waals surface area contributed by atoms with Crippen LogP contribution in [0.15, 0.2) is 41.5 Å². The number of nitrogens with one attached hydrogen (secondary N) is 2. The second kappa shape index (κ2) is 10.1.